The van der Waals surface area contributed by atoms with Crippen molar-refractivity contribution in [2.75, 3.05) is 13.1 Å². The Labute approximate surface area is 151 Å². The molecule has 8 nitrogen and oxygen atoms in total. The minimum atomic E-state index is -3.89. The third kappa shape index (κ3) is 5.36. The molecule has 9 heteroatoms. The van der Waals surface area contributed by atoms with Crippen molar-refractivity contribution >= 4 is 21.6 Å². The van der Waals surface area contributed by atoms with Gasteiger partial charge in [-0.1, -0.05) is 30.3 Å². The molecule has 0 unspecified atom stereocenters. The Morgan fingerprint density at radius 1 is 1.12 bits per heavy atom. The number of benzene rings is 2. The van der Waals surface area contributed by atoms with Gasteiger partial charge in [0.25, 0.3) is 5.69 Å². The molecule has 2 aromatic rings. The van der Waals surface area contributed by atoms with Gasteiger partial charge in [-0.3, -0.25) is 14.9 Å². The first-order chi connectivity index (χ1) is 12.3. The van der Waals surface area contributed by atoms with Crippen LogP contribution >= 0.6 is 0 Å². The first-order valence-electron chi connectivity index (χ1n) is 7.85. The van der Waals surface area contributed by atoms with Gasteiger partial charge in [-0.25, -0.2) is 13.1 Å². The predicted molar refractivity (Wildman–Crippen MR) is 96.2 cm³/mol. The maximum absolute atomic E-state index is 12.1. The normalized spacial score (nSPS) is 11.1. The minimum absolute atomic E-state index is 0.0233. The summed E-state index contributed by atoms with van der Waals surface area (Å²) in [4.78, 5) is 21.8. The smallest absolute Gasteiger partial charge is 0.270 e. The van der Waals surface area contributed by atoms with E-state index in [1.54, 1.807) is 0 Å². The van der Waals surface area contributed by atoms with Crippen molar-refractivity contribution in [3.8, 4) is 0 Å². The van der Waals surface area contributed by atoms with Crippen LogP contribution in [0.5, 0.6) is 0 Å². The molecule has 0 saturated heterocycles. The molecule has 0 aliphatic heterocycles. The summed E-state index contributed by atoms with van der Waals surface area (Å²) in [5.74, 6) is -0.214. The van der Waals surface area contributed by atoms with Crippen LogP contribution in [-0.2, 0) is 21.2 Å². The number of nitrogens with one attached hydrogen (secondary N) is 2. The molecular formula is C17H19N3O5S. The van der Waals surface area contributed by atoms with Crippen LogP contribution in [-0.4, -0.2) is 32.3 Å². The van der Waals surface area contributed by atoms with Crippen molar-refractivity contribution in [3.05, 3.63) is 69.8 Å². The second kappa shape index (κ2) is 8.54. The lowest BCUT2D eigenvalue weighted by Gasteiger charge is -2.09. The number of carbonyl (C=O) groups excluding carboxylic acids is 1. The monoisotopic (exact) mass is 377 g/mol. The molecule has 0 aliphatic carbocycles. The van der Waals surface area contributed by atoms with Crippen molar-refractivity contribution in [2.24, 2.45) is 0 Å². The fourth-order valence-corrected chi connectivity index (χ4v) is 3.35. The lowest BCUT2D eigenvalue weighted by atomic mass is 10.1. The molecule has 0 aromatic heterocycles. The summed E-state index contributed by atoms with van der Waals surface area (Å²) in [6.45, 7) is 2.00. The van der Waals surface area contributed by atoms with Gasteiger partial charge in [-0.2, -0.15) is 0 Å². The average molecular weight is 377 g/mol. The molecule has 0 radical (unpaired) electrons. The van der Waals surface area contributed by atoms with E-state index in [1.807, 2.05) is 31.2 Å². The van der Waals surface area contributed by atoms with Gasteiger partial charge in [-0.15, -0.1) is 0 Å². The second-order valence-corrected chi connectivity index (χ2v) is 7.37. The Balaban J connectivity index is 1.85. The molecule has 2 N–H and O–H groups in total. The van der Waals surface area contributed by atoms with Crippen molar-refractivity contribution in [1.29, 1.82) is 0 Å². The number of nitrogens with zero attached hydrogens (tertiary/aromatic N) is 1. The summed E-state index contributed by atoms with van der Waals surface area (Å²) in [6.07, 6.45) is 0.213. The summed E-state index contributed by atoms with van der Waals surface area (Å²) in [6, 6.07) is 12.3. The number of hydrogen-bond donors (Lipinski definition) is 2. The molecule has 0 fully saturated rings. The molecule has 0 spiro atoms. The van der Waals surface area contributed by atoms with Crippen LogP contribution in [0.25, 0.3) is 0 Å². The Morgan fingerprint density at radius 3 is 2.54 bits per heavy atom. The third-order valence-corrected chi connectivity index (χ3v) is 5.15. The molecule has 0 aliphatic rings. The zero-order valence-electron chi connectivity index (χ0n) is 14.1. The van der Waals surface area contributed by atoms with Gasteiger partial charge in [0.05, 0.1) is 16.2 Å². The van der Waals surface area contributed by atoms with Gasteiger partial charge in [0, 0.05) is 25.2 Å². The highest BCUT2D eigenvalue weighted by Crippen LogP contribution is 2.16. The van der Waals surface area contributed by atoms with Crippen molar-refractivity contribution in [1.82, 2.24) is 10.0 Å². The zero-order valence-corrected chi connectivity index (χ0v) is 15.0. The Morgan fingerprint density at radius 2 is 1.85 bits per heavy atom. The number of rotatable bonds is 8. The van der Waals surface area contributed by atoms with E-state index in [4.69, 9.17) is 0 Å². The van der Waals surface area contributed by atoms with Crippen LogP contribution in [0.3, 0.4) is 0 Å². The highest BCUT2D eigenvalue weighted by Gasteiger charge is 2.17. The van der Waals surface area contributed by atoms with E-state index < -0.39 is 14.9 Å². The quantitative estimate of drug-likeness (QED) is 0.411. The van der Waals surface area contributed by atoms with Crippen molar-refractivity contribution in [2.45, 2.75) is 18.2 Å². The summed E-state index contributed by atoms with van der Waals surface area (Å²) in [5.41, 5.74) is 1.61. The van der Waals surface area contributed by atoms with Gasteiger partial charge in [0.2, 0.25) is 15.9 Å². The summed E-state index contributed by atoms with van der Waals surface area (Å²) >= 11 is 0. The highest BCUT2D eigenvalue weighted by atomic mass is 32.2. The molecular weight excluding hydrogens is 358 g/mol. The molecule has 138 valence electrons. The number of nitro groups is 1. The lowest BCUT2D eigenvalue weighted by molar-refractivity contribution is -0.385. The number of aryl methyl sites for hydroxylation is 1. The van der Waals surface area contributed by atoms with E-state index in [-0.39, 0.29) is 36.0 Å². The number of sulfonamides is 1. The van der Waals surface area contributed by atoms with Crippen molar-refractivity contribution in [3.63, 3.8) is 0 Å². The standard InChI is InChI=1S/C17H19N3O5S/c1-13-5-2-3-6-14(13)11-17(21)18-9-10-19-26(24,25)16-8-4-7-15(12-16)20(22)23/h2-8,12,19H,9-11H2,1H3,(H,18,21). The van der Waals surface area contributed by atoms with E-state index in [2.05, 4.69) is 10.0 Å². The van der Waals surface area contributed by atoms with E-state index in [0.717, 1.165) is 17.2 Å². The third-order valence-electron chi connectivity index (χ3n) is 3.69. The van der Waals surface area contributed by atoms with Crippen LogP contribution in [0.4, 0.5) is 5.69 Å². The molecule has 1 amide bonds. The van der Waals surface area contributed by atoms with Gasteiger partial charge in [0.15, 0.2) is 0 Å². The minimum Gasteiger partial charge on any atom is -0.355 e. The van der Waals surface area contributed by atoms with Gasteiger partial charge < -0.3 is 5.32 Å². The lowest BCUT2D eigenvalue weighted by Crippen LogP contribution is -2.35. The fraction of sp³-hybridized carbons (Fsp3) is 0.235. The van der Waals surface area contributed by atoms with Gasteiger partial charge >= 0.3 is 0 Å². The number of hydrogen-bond acceptors (Lipinski definition) is 5. The highest BCUT2D eigenvalue weighted by molar-refractivity contribution is 7.89. The molecule has 0 heterocycles. The predicted octanol–water partition coefficient (Wildman–Crippen LogP) is 1.54. The average Bonchev–Trinajstić information content (AvgIpc) is 2.61. The molecule has 0 saturated carbocycles. The molecule has 0 atom stereocenters. The van der Waals surface area contributed by atoms with E-state index in [0.29, 0.717) is 0 Å². The van der Waals surface area contributed by atoms with Crippen LogP contribution < -0.4 is 10.0 Å². The Bertz CT molecular complexity index is 912. The van der Waals surface area contributed by atoms with Crippen molar-refractivity contribution < 1.29 is 18.1 Å². The Hall–Kier alpha value is -2.78. The second-order valence-electron chi connectivity index (χ2n) is 5.61. The van der Waals surface area contributed by atoms with Gasteiger partial charge in [0.1, 0.15) is 0 Å². The van der Waals surface area contributed by atoms with Crippen LogP contribution in [0, 0.1) is 17.0 Å². The summed E-state index contributed by atoms with van der Waals surface area (Å²) < 4.78 is 26.6. The largest absolute Gasteiger partial charge is 0.355 e. The van der Waals surface area contributed by atoms with E-state index in [9.17, 15) is 23.3 Å². The zero-order chi connectivity index (χ0) is 19.2. The number of carbonyl (C=O) groups is 1. The van der Waals surface area contributed by atoms with Crippen LogP contribution in [0.1, 0.15) is 11.1 Å². The SMILES string of the molecule is Cc1ccccc1CC(=O)NCCNS(=O)(=O)c1cccc([N+](=O)[O-])c1. The van der Waals surface area contributed by atoms with E-state index >= 15 is 0 Å². The number of non-ortho nitro benzene ring substituents is 1. The van der Waals surface area contributed by atoms with Crippen LogP contribution in [0.15, 0.2) is 53.4 Å². The Kier molecular flexibility index (Phi) is 6.42. The topological polar surface area (TPSA) is 118 Å². The maximum atomic E-state index is 12.1. The number of amides is 1. The first kappa shape index (κ1) is 19.5. The molecule has 2 aromatic carbocycles. The summed E-state index contributed by atoms with van der Waals surface area (Å²) in [7, 11) is -3.89. The van der Waals surface area contributed by atoms with E-state index in [1.165, 1.54) is 18.2 Å². The first-order valence-corrected chi connectivity index (χ1v) is 9.33. The molecule has 2 rings (SSSR count). The molecule has 26 heavy (non-hydrogen) atoms. The fourth-order valence-electron chi connectivity index (χ4n) is 2.28. The maximum Gasteiger partial charge on any atom is 0.270 e. The van der Waals surface area contributed by atoms with Gasteiger partial charge in [-0.05, 0) is 24.1 Å². The summed E-state index contributed by atoms with van der Waals surface area (Å²) in [5, 5.41) is 13.4. The molecule has 0 bridgehead atoms. The number of nitro benzene ring substituents is 1. The van der Waals surface area contributed by atoms with Crippen LogP contribution in [0.2, 0.25) is 0 Å².